The number of nitro groups is 1. The Bertz CT molecular complexity index is 408. The normalized spacial score (nSPS) is 9.47. The molecule has 1 rings (SSSR count). The van der Waals surface area contributed by atoms with E-state index >= 15 is 0 Å². The topological polar surface area (TPSA) is 81.5 Å². The van der Waals surface area contributed by atoms with Crippen molar-refractivity contribution < 1.29 is 14.5 Å². The summed E-state index contributed by atoms with van der Waals surface area (Å²) >= 11 is 3.11. The van der Waals surface area contributed by atoms with E-state index in [1.54, 1.807) is 0 Å². The van der Waals surface area contributed by atoms with E-state index in [0.29, 0.717) is 16.6 Å². The van der Waals surface area contributed by atoms with Crippen LogP contribution >= 0.6 is 15.9 Å². The minimum Gasteiger partial charge on any atom is -0.495 e. The van der Waals surface area contributed by atoms with Gasteiger partial charge in [-0.15, -0.1) is 0 Å². The molecule has 7 heteroatoms. The largest absolute Gasteiger partial charge is 0.495 e. The number of amides is 1. The van der Waals surface area contributed by atoms with Gasteiger partial charge in [0, 0.05) is 6.07 Å². The van der Waals surface area contributed by atoms with Gasteiger partial charge in [-0.2, -0.15) is 0 Å². The second kappa shape index (κ2) is 4.74. The third-order valence-corrected chi connectivity index (χ3v) is 2.49. The molecule has 0 radical (unpaired) electrons. The number of hydrogen-bond acceptors (Lipinski definition) is 4. The van der Waals surface area contributed by atoms with Crippen molar-refractivity contribution in [1.82, 2.24) is 0 Å². The van der Waals surface area contributed by atoms with Crippen LogP contribution in [0.1, 0.15) is 0 Å². The molecule has 0 atom stereocenters. The number of carbonyl (C=O) groups is 1. The summed E-state index contributed by atoms with van der Waals surface area (Å²) in [6, 6.07) is 2.70. The maximum absolute atomic E-state index is 10.6. The summed E-state index contributed by atoms with van der Waals surface area (Å²) in [6.45, 7) is 0. The van der Waals surface area contributed by atoms with Crippen LogP contribution in [0, 0.1) is 10.1 Å². The molecule has 1 aromatic rings. The van der Waals surface area contributed by atoms with Gasteiger partial charge in [0.2, 0.25) is 6.41 Å². The Morgan fingerprint density at radius 3 is 2.73 bits per heavy atom. The van der Waals surface area contributed by atoms with Gasteiger partial charge in [0.1, 0.15) is 11.4 Å². The van der Waals surface area contributed by atoms with Crippen molar-refractivity contribution in [1.29, 1.82) is 0 Å². The maximum atomic E-state index is 10.6. The van der Waals surface area contributed by atoms with Crippen molar-refractivity contribution in [2.75, 3.05) is 12.4 Å². The predicted molar refractivity (Wildman–Crippen MR) is 57.0 cm³/mol. The van der Waals surface area contributed by atoms with Crippen molar-refractivity contribution in [3.8, 4) is 5.75 Å². The smallest absolute Gasteiger partial charge is 0.294 e. The average Bonchev–Trinajstić information content (AvgIpc) is 2.20. The minimum atomic E-state index is -0.587. The van der Waals surface area contributed by atoms with Crippen molar-refractivity contribution in [3.63, 3.8) is 0 Å². The van der Waals surface area contributed by atoms with E-state index in [-0.39, 0.29) is 11.4 Å². The lowest BCUT2D eigenvalue weighted by molar-refractivity contribution is -0.384. The van der Waals surface area contributed by atoms with Gasteiger partial charge in [-0.1, -0.05) is 0 Å². The highest BCUT2D eigenvalue weighted by atomic mass is 79.9. The fourth-order valence-corrected chi connectivity index (χ4v) is 1.66. The lowest BCUT2D eigenvalue weighted by atomic mass is 10.2. The van der Waals surface area contributed by atoms with E-state index in [1.807, 2.05) is 0 Å². The summed E-state index contributed by atoms with van der Waals surface area (Å²) in [5, 5.41) is 12.9. The van der Waals surface area contributed by atoms with E-state index in [1.165, 1.54) is 19.2 Å². The van der Waals surface area contributed by atoms with Crippen LogP contribution in [0.2, 0.25) is 0 Å². The lowest BCUT2D eigenvalue weighted by Gasteiger charge is -2.07. The van der Waals surface area contributed by atoms with Gasteiger partial charge in [0.05, 0.1) is 16.5 Å². The second-order valence-electron chi connectivity index (χ2n) is 2.50. The second-order valence-corrected chi connectivity index (χ2v) is 3.29. The molecular weight excluding hydrogens is 268 g/mol. The number of ether oxygens (including phenoxy) is 1. The molecule has 0 unspecified atom stereocenters. The molecule has 80 valence electrons. The summed E-state index contributed by atoms with van der Waals surface area (Å²) in [6.07, 6.45) is 0.368. The van der Waals surface area contributed by atoms with Crippen LogP contribution in [-0.2, 0) is 4.79 Å². The van der Waals surface area contributed by atoms with Gasteiger partial charge >= 0.3 is 0 Å². The molecule has 0 aromatic heterocycles. The first kappa shape index (κ1) is 11.4. The molecule has 0 fully saturated rings. The number of anilines is 1. The van der Waals surface area contributed by atoms with E-state index in [4.69, 9.17) is 4.74 Å². The minimum absolute atomic E-state index is 0.0781. The van der Waals surface area contributed by atoms with Crippen molar-refractivity contribution >= 4 is 33.7 Å². The zero-order valence-electron chi connectivity index (χ0n) is 7.69. The van der Waals surface area contributed by atoms with Crippen molar-refractivity contribution in [2.45, 2.75) is 0 Å². The molecule has 6 nitrogen and oxygen atoms in total. The highest BCUT2D eigenvalue weighted by Crippen LogP contribution is 2.38. The number of halogens is 1. The summed E-state index contributed by atoms with van der Waals surface area (Å²) in [7, 11) is 1.43. The number of hydrogen-bond donors (Lipinski definition) is 1. The number of benzene rings is 1. The fourth-order valence-electron chi connectivity index (χ4n) is 1.05. The predicted octanol–water partition coefficient (Wildman–Crippen LogP) is 1.93. The zero-order chi connectivity index (χ0) is 11.4. The fraction of sp³-hybridized carbons (Fsp3) is 0.125. The Kier molecular flexibility index (Phi) is 3.62. The molecule has 15 heavy (non-hydrogen) atoms. The third kappa shape index (κ3) is 2.24. The van der Waals surface area contributed by atoms with Gasteiger partial charge < -0.3 is 10.1 Å². The summed E-state index contributed by atoms with van der Waals surface area (Å²) < 4.78 is 5.28. The average molecular weight is 275 g/mol. The quantitative estimate of drug-likeness (QED) is 0.517. The van der Waals surface area contributed by atoms with Gasteiger partial charge in [0.15, 0.2) is 0 Å². The Balaban J connectivity index is 3.36. The van der Waals surface area contributed by atoms with Crippen LogP contribution in [0.15, 0.2) is 16.6 Å². The molecule has 0 saturated heterocycles. The van der Waals surface area contributed by atoms with Crippen LogP contribution in [0.5, 0.6) is 5.75 Å². The number of carbonyl (C=O) groups excluding carboxylic acids is 1. The molecule has 0 bridgehead atoms. The first-order chi connectivity index (χ1) is 7.11. The number of methoxy groups -OCH3 is 1. The molecule has 0 aliphatic rings. The third-order valence-electron chi connectivity index (χ3n) is 1.70. The highest BCUT2D eigenvalue weighted by Gasteiger charge is 2.19. The first-order valence-electron chi connectivity index (χ1n) is 3.83. The van der Waals surface area contributed by atoms with Crippen LogP contribution in [-0.4, -0.2) is 18.4 Å². The van der Waals surface area contributed by atoms with E-state index < -0.39 is 4.92 Å². The number of nitro benzene ring substituents is 1. The Morgan fingerprint density at radius 2 is 2.27 bits per heavy atom. The van der Waals surface area contributed by atoms with Gasteiger partial charge in [-0.05, 0) is 22.0 Å². The van der Waals surface area contributed by atoms with Crippen LogP contribution < -0.4 is 10.1 Å². The summed E-state index contributed by atoms with van der Waals surface area (Å²) in [5.41, 5.74) is -0.121. The van der Waals surface area contributed by atoms with Crippen molar-refractivity contribution in [3.05, 3.63) is 26.7 Å². The molecule has 1 aromatic carbocycles. The molecular formula is C8H7BrN2O4. The molecule has 0 heterocycles. The van der Waals surface area contributed by atoms with Gasteiger partial charge in [0.25, 0.3) is 5.69 Å². The van der Waals surface area contributed by atoms with Crippen LogP contribution in [0.4, 0.5) is 11.4 Å². The van der Waals surface area contributed by atoms with Crippen LogP contribution in [0.3, 0.4) is 0 Å². The maximum Gasteiger partial charge on any atom is 0.294 e. The van der Waals surface area contributed by atoms with Gasteiger partial charge in [-0.3, -0.25) is 14.9 Å². The van der Waals surface area contributed by atoms with E-state index in [0.717, 1.165) is 0 Å². The number of nitrogens with zero attached hydrogens (tertiary/aromatic N) is 1. The molecule has 0 spiro atoms. The van der Waals surface area contributed by atoms with E-state index in [9.17, 15) is 14.9 Å². The SMILES string of the molecule is COc1ccc([N+](=O)[O-])c(NC=O)c1Br. The molecule has 0 saturated carbocycles. The Morgan fingerprint density at radius 1 is 1.60 bits per heavy atom. The monoisotopic (exact) mass is 274 g/mol. The van der Waals surface area contributed by atoms with E-state index in [2.05, 4.69) is 21.2 Å². The number of nitrogens with one attached hydrogen (secondary N) is 1. The molecule has 1 amide bonds. The first-order valence-corrected chi connectivity index (χ1v) is 4.62. The number of rotatable bonds is 4. The molecule has 1 N–H and O–H groups in total. The van der Waals surface area contributed by atoms with Crippen molar-refractivity contribution in [2.24, 2.45) is 0 Å². The summed E-state index contributed by atoms with van der Waals surface area (Å²) in [5.74, 6) is 0.407. The Labute approximate surface area is 93.5 Å². The highest BCUT2D eigenvalue weighted by molar-refractivity contribution is 9.10. The molecule has 0 aliphatic carbocycles. The summed E-state index contributed by atoms with van der Waals surface area (Å²) in [4.78, 5) is 20.4. The van der Waals surface area contributed by atoms with Crippen LogP contribution in [0.25, 0.3) is 0 Å². The molecule has 0 aliphatic heterocycles. The van der Waals surface area contributed by atoms with Gasteiger partial charge in [-0.25, -0.2) is 0 Å². The zero-order valence-corrected chi connectivity index (χ0v) is 9.28. The Hall–Kier alpha value is -1.63. The lowest BCUT2D eigenvalue weighted by Crippen LogP contribution is -2.01. The standard InChI is InChI=1S/C8H7BrN2O4/c1-15-6-3-2-5(11(13)14)8(7(6)9)10-4-12/h2-4H,1H3,(H,10,12).